The number of hydrogen-bond donors (Lipinski definition) is 0. The average Bonchev–Trinajstić information content (AvgIpc) is 3.38. The predicted octanol–water partition coefficient (Wildman–Crippen LogP) is 18.1. The van der Waals surface area contributed by atoms with E-state index in [-0.39, 0.29) is 0 Å². The van der Waals surface area contributed by atoms with E-state index in [0.29, 0.717) is 0 Å². The van der Waals surface area contributed by atoms with Crippen molar-refractivity contribution in [3.63, 3.8) is 0 Å². The first kappa shape index (κ1) is 38.2. The summed E-state index contributed by atoms with van der Waals surface area (Å²) in [4.78, 5) is 2.35. The number of para-hydroxylation sites is 1. The maximum Gasteiger partial charge on any atom is 0.0468 e. The van der Waals surface area contributed by atoms with Gasteiger partial charge in [-0.3, -0.25) is 0 Å². The van der Waals surface area contributed by atoms with Crippen LogP contribution in [0, 0.1) is 0 Å². The van der Waals surface area contributed by atoms with Gasteiger partial charge in [0.15, 0.2) is 0 Å². The highest BCUT2D eigenvalue weighted by Crippen LogP contribution is 2.45. The molecule has 0 saturated heterocycles. The van der Waals surface area contributed by atoms with Gasteiger partial charge in [-0.15, -0.1) is 0 Å². The second-order valence-electron chi connectivity index (χ2n) is 16.8. The van der Waals surface area contributed by atoms with E-state index in [9.17, 15) is 0 Å². The van der Waals surface area contributed by atoms with Crippen LogP contribution in [0.3, 0.4) is 0 Å². The van der Waals surface area contributed by atoms with Crippen molar-refractivity contribution in [3.05, 3.63) is 260 Å². The van der Waals surface area contributed by atoms with Gasteiger partial charge in [0.1, 0.15) is 0 Å². The molecule has 1 heteroatoms. The fraction of sp³-hybridized carbons (Fsp3) is 0. The number of fused-ring (bicyclic) bond motifs is 5. The maximum absolute atomic E-state index is 2.35. The third-order valence-corrected chi connectivity index (χ3v) is 13.0. The van der Waals surface area contributed by atoms with Crippen LogP contribution < -0.4 is 4.90 Å². The molecule has 12 aromatic rings. The first-order chi connectivity index (χ1) is 32.2. The molecular formula is C64H43N. The Kier molecular flexibility index (Phi) is 9.58. The summed E-state index contributed by atoms with van der Waals surface area (Å²) in [5.74, 6) is 0. The monoisotopic (exact) mass is 825 g/mol. The Morgan fingerprint density at radius 3 is 1.40 bits per heavy atom. The second kappa shape index (κ2) is 16.3. The van der Waals surface area contributed by atoms with Crippen LogP contribution in [-0.4, -0.2) is 0 Å². The average molecular weight is 826 g/mol. The van der Waals surface area contributed by atoms with Gasteiger partial charge in [0.2, 0.25) is 0 Å². The quantitative estimate of drug-likeness (QED) is 0.109. The summed E-state index contributed by atoms with van der Waals surface area (Å²) in [6.07, 6.45) is 4.50. The van der Waals surface area contributed by atoms with Crippen LogP contribution in [0.1, 0.15) is 11.1 Å². The minimum Gasteiger partial charge on any atom is -0.310 e. The van der Waals surface area contributed by atoms with Crippen molar-refractivity contribution in [1.29, 1.82) is 0 Å². The Morgan fingerprint density at radius 2 is 0.738 bits per heavy atom. The SMILES string of the molecule is C(=Cc1ccc(-c2cccc3ccccc23)c2ccccc12)c1ccc(-c2c3ccccc3c(-c3ccc(N(c4ccccc4)c4ccc5ccccc5c4)cc3)c3ccccc23)cc1. The van der Waals surface area contributed by atoms with Crippen LogP contribution in [0.4, 0.5) is 17.1 Å². The van der Waals surface area contributed by atoms with Crippen molar-refractivity contribution >= 4 is 83.1 Å². The fourth-order valence-electron chi connectivity index (χ4n) is 9.98. The minimum atomic E-state index is 1.11. The molecule has 0 heterocycles. The highest BCUT2D eigenvalue weighted by Gasteiger charge is 2.18. The Hall–Kier alpha value is -8.52. The van der Waals surface area contributed by atoms with Gasteiger partial charge in [-0.05, 0) is 135 Å². The van der Waals surface area contributed by atoms with E-state index < -0.39 is 0 Å². The molecule has 0 unspecified atom stereocenters. The predicted molar refractivity (Wildman–Crippen MR) is 280 cm³/mol. The van der Waals surface area contributed by atoms with Gasteiger partial charge >= 0.3 is 0 Å². The van der Waals surface area contributed by atoms with Gasteiger partial charge in [-0.1, -0.05) is 224 Å². The van der Waals surface area contributed by atoms with Crippen LogP contribution in [0.2, 0.25) is 0 Å². The first-order valence-electron chi connectivity index (χ1n) is 22.4. The van der Waals surface area contributed by atoms with Crippen LogP contribution in [-0.2, 0) is 0 Å². The second-order valence-corrected chi connectivity index (χ2v) is 16.8. The number of rotatable bonds is 8. The molecule has 0 aliphatic rings. The van der Waals surface area contributed by atoms with Crippen molar-refractivity contribution in [2.75, 3.05) is 4.90 Å². The van der Waals surface area contributed by atoms with Gasteiger partial charge in [0.25, 0.3) is 0 Å². The normalized spacial score (nSPS) is 11.6. The zero-order valence-electron chi connectivity index (χ0n) is 35.8. The highest BCUT2D eigenvalue weighted by molar-refractivity contribution is 6.21. The smallest absolute Gasteiger partial charge is 0.0468 e. The summed E-state index contributed by atoms with van der Waals surface area (Å²) >= 11 is 0. The third-order valence-electron chi connectivity index (χ3n) is 13.0. The van der Waals surface area contributed by atoms with Crippen LogP contribution in [0.25, 0.3) is 99.4 Å². The number of benzene rings is 12. The lowest BCUT2D eigenvalue weighted by molar-refractivity contribution is 1.29. The van der Waals surface area contributed by atoms with Crippen LogP contribution in [0.15, 0.2) is 249 Å². The lowest BCUT2D eigenvalue weighted by Crippen LogP contribution is -2.09. The molecule has 0 aromatic heterocycles. The molecule has 65 heavy (non-hydrogen) atoms. The number of anilines is 3. The summed E-state index contributed by atoms with van der Waals surface area (Å²) in [5.41, 5.74) is 13.2. The van der Waals surface area contributed by atoms with Crippen LogP contribution in [0.5, 0.6) is 0 Å². The molecule has 0 saturated carbocycles. The van der Waals surface area contributed by atoms with Gasteiger partial charge in [0, 0.05) is 17.1 Å². The molecule has 0 fully saturated rings. The van der Waals surface area contributed by atoms with Gasteiger partial charge in [0.05, 0.1) is 0 Å². The molecule has 1 nitrogen and oxygen atoms in total. The lowest BCUT2D eigenvalue weighted by atomic mass is 9.86. The van der Waals surface area contributed by atoms with Crippen molar-refractivity contribution < 1.29 is 0 Å². The van der Waals surface area contributed by atoms with Crippen molar-refractivity contribution in [2.45, 2.75) is 0 Å². The lowest BCUT2D eigenvalue weighted by Gasteiger charge is -2.26. The maximum atomic E-state index is 2.35. The van der Waals surface area contributed by atoms with E-state index in [4.69, 9.17) is 0 Å². The summed E-state index contributed by atoms with van der Waals surface area (Å²) in [5, 5.41) is 12.5. The topological polar surface area (TPSA) is 3.24 Å². The Labute approximate surface area is 379 Å². The van der Waals surface area contributed by atoms with E-state index in [1.165, 1.54) is 92.8 Å². The molecular weight excluding hydrogens is 783 g/mol. The highest BCUT2D eigenvalue weighted by atomic mass is 15.1. The fourth-order valence-corrected chi connectivity index (χ4v) is 9.98. The minimum absolute atomic E-state index is 1.11. The molecule has 304 valence electrons. The molecule has 0 bridgehead atoms. The first-order valence-corrected chi connectivity index (χ1v) is 22.4. The summed E-state index contributed by atoms with van der Waals surface area (Å²) in [6, 6.07) is 90.5. The van der Waals surface area contributed by atoms with E-state index >= 15 is 0 Å². The summed E-state index contributed by atoms with van der Waals surface area (Å²) in [6.45, 7) is 0. The molecule has 0 atom stereocenters. The van der Waals surface area contributed by atoms with Gasteiger partial charge in [-0.2, -0.15) is 0 Å². The van der Waals surface area contributed by atoms with Crippen molar-refractivity contribution in [2.24, 2.45) is 0 Å². The van der Waals surface area contributed by atoms with Gasteiger partial charge in [-0.25, -0.2) is 0 Å². The Balaban J connectivity index is 0.899. The third kappa shape index (κ3) is 6.92. The van der Waals surface area contributed by atoms with E-state index in [1.807, 2.05) is 0 Å². The molecule has 12 aromatic carbocycles. The number of nitrogens with zero attached hydrogens (tertiary/aromatic N) is 1. The Morgan fingerprint density at radius 1 is 0.262 bits per heavy atom. The molecule has 0 aliphatic heterocycles. The van der Waals surface area contributed by atoms with E-state index in [0.717, 1.165) is 22.6 Å². The van der Waals surface area contributed by atoms with Crippen molar-refractivity contribution in [3.8, 4) is 33.4 Å². The molecule has 0 N–H and O–H groups in total. The van der Waals surface area contributed by atoms with Crippen LogP contribution >= 0.6 is 0 Å². The standard InChI is InChI=1S/C64H43N/c1-2-19-51(20-3-1)65(53-41-35-45-15-4-5-17-50(45)43-53)52-39-36-49(37-40-52)64-61-26-12-10-24-59(61)63(60-25-11-13-27-62(60)64)48-33-30-44(31-34-48)29-32-47-38-42-58(56-23-9-8-22-55(47)56)57-28-14-18-46-16-6-7-21-54(46)57/h1-43H. The summed E-state index contributed by atoms with van der Waals surface area (Å²) < 4.78 is 0. The molecule has 0 spiro atoms. The zero-order chi connectivity index (χ0) is 43.1. The molecule has 0 amide bonds. The van der Waals surface area contributed by atoms with Gasteiger partial charge < -0.3 is 4.90 Å². The van der Waals surface area contributed by atoms with Crippen molar-refractivity contribution in [1.82, 2.24) is 0 Å². The molecule has 12 rings (SSSR count). The largest absolute Gasteiger partial charge is 0.310 e. The Bertz CT molecular complexity index is 3690. The van der Waals surface area contributed by atoms with E-state index in [2.05, 4.69) is 266 Å². The number of hydrogen-bond acceptors (Lipinski definition) is 1. The zero-order valence-corrected chi connectivity index (χ0v) is 35.8. The molecule has 0 aliphatic carbocycles. The van der Waals surface area contributed by atoms with E-state index in [1.54, 1.807) is 0 Å². The molecule has 0 radical (unpaired) electrons. The summed E-state index contributed by atoms with van der Waals surface area (Å²) in [7, 11) is 0.